The van der Waals surface area contributed by atoms with Crippen LogP contribution in [-0.4, -0.2) is 54.3 Å². The van der Waals surface area contributed by atoms with Crippen LogP contribution in [0.2, 0.25) is 0 Å². The monoisotopic (exact) mass is 455 g/mol. The van der Waals surface area contributed by atoms with Crippen molar-refractivity contribution in [3.05, 3.63) is 82.9 Å². The number of carbonyl (C=O) groups excluding carboxylic acids is 1. The molecule has 0 spiro atoms. The molecule has 0 radical (unpaired) electrons. The zero-order chi connectivity index (χ0) is 23.8. The second kappa shape index (κ2) is 8.86. The summed E-state index contributed by atoms with van der Waals surface area (Å²) in [6, 6.07) is 19.7. The van der Waals surface area contributed by atoms with E-state index in [0.29, 0.717) is 30.9 Å². The quantitative estimate of drug-likeness (QED) is 0.523. The summed E-state index contributed by atoms with van der Waals surface area (Å²) >= 11 is 0. The molecule has 34 heavy (non-hydrogen) atoms. The third kappa shape index (κ3) is 4.00. The van der Waals surface area contributed by atoms with Crippen LogP contribution in [0.3, 0.4) is 0 Å². The van der Waals surface area contributed by atoms with Crippen LogP contribution in [0.5, 0.6) is 17.2 Å². The Hall–Kier alpha value is -3.80. The average Bonchev–Trinajstić information content (AvgIpc) is 2.99. The summed E-state index contributed by atoms with van der Waals surface area (Å²) in [7, 11) is 1.60. The van der Waals surface area contributed by atoms with Crippen LogP contribution in [0.15, 0.2) is 65.7 Å². The first-order valence-corrected chi connectivity index (χ1v) is 11.6. The Morgan fingerprint density at radius 2 is 1.76 bits per heavy atom. The number of ether oxygens (including phenoxy) is 2. The number of amides is 1. The van der Waals surface area contributed by atoms with Gasteiger partial charge in [-0.3, -0.25) is 4.79 Å². The molecule has 2 aliphatic rings. The van der Waals surface area contributed by atoms with Gasteiger partial charge in [0.25, 0.3) is 5.91 Å². The summed E-state index contributed by atoms with van der Waals surface area (Å²) < 4.78 is 11.7. The molecule has 1 fully saturated rings. The molecule has 6 nitrogen and oxygen atoms in total. The first-order valence-electron chi connectivity index (χ1n) is 11.6. The molecule has 0 aliphatic carbocycles. The van der Waals surface area contributed by atoms with Crippen LogP contribution in [0.1, 0.15) is 34.0 Å². The molecule has 2 aliphatic heterocycles. The Morgan fingerprint density at radius 3 is 2.56 bits per heavy atom. The Morgan fingerprint density at radius 1 is 1.00 bits per heavy atom. The summed E-state index contributed by atoms with van der Waals surface area (Å²) in [5.41, 5.74) is 4.66. The summed E-state index contributed by atoms with van der Waals surface area (Å²) in [6.45, 7) is 8.16. The predicted octanol–water partition coefficient (Wildman–Crippen LogP) is 5.34. The summed E-state index contributed by atoms with van der Waals surface area (Å²) in [5, 5.41) is 0. The van der Waals surface area contributed by atoms with Gasteiger partial charge in [0.05, 0.1) is 18.2 Å². The lowest BCUT2D eigenvalue weighted by atomic mass is 10.1. The van der Waals surface area contributed by atoms with Crippen LogP contribution < -0.4 is 9.47 Å². The molecule has 174 valence electrons. The van der Waals surface area contributed by atoms with Crippen LogP contribution in [0.25, 0.3) is 0 Å². The fraction of sp³-hybridized carbons (Fsp3) is 0.286. The maximum atomic E-state index is 13.3. The van der Waals surface area contributed by atoms with Crippen molar-refractivity contribution in [3.8, 4) is 17.2 Å². The second-order valence-corrected chi connectivity index (χ2v) is 9.00. The van der Waals surface area contributed by atoms with Gasteiger partial charge in [-0.15, -0.1) is 0 Å². The first kappa shape index (κ1) is 22.0. The van der Waals surface area contributed by atoms with Gasteiger partial charge in [-0.25, -0.2) is 4.99 Å². The standard InChI is InChI=1S/C28H29N3O3/c1-18-10-12-25-22(15-18)27(29-23-11-9-19(2)16-26(23)34-25)30-13-14-31(20(3)17-30)28(32)21-7-5-6-8-24(21)33-4/h5-12,15-16,20H,13-14,17H2,1-4H3/t20-/m0/s1. The highest BCUT2D eigenvalue weighted by Gasteiger charge is 2.32. The van der Waals surface area contributed by atoms with Crippen molar-refractivity contribution in [3.63, 3.8) is 0 Å². The molecule has 5 rings (SSSR count). The lowest BCUT2D eigenvalue weighted by Crippen LogP contribution is -2.55. The van der Waals surface area contributed by atoms with Gasteiger partial charge in [-0.1, -0.05) is 29.8 Å². The number of fused-ring (bicyclic) bond motifs is 2. The summed E-state index contributed by atoms with van der Waals surface area (Å²) in [4.78, 5) is 22.6. The summed E-state index contributed by atoms with van der Waals surface area (Å²) in [6.07, 6.45) is 0. The van der Waals surface area contributed by atoms with Gasteiger partial charge in [0.15, 0.2) is 5.75 Å². The molecular weight excluding hydrogens is 426 g/mol. The van der Waals surface area contributed by atoms with E-state index in [0.717, 1.165) is 39.7 Å². The predicted molar refractivity (Wildman–Crippen MR) is 134 cm³/mol. The topological polar surface area (TPSA) is 54.4 Å². The molecule has 0 unspecified atom stereocenters. The van der Waals surface area contributed by atoms with Crippen molar-refractivity contribution < 1.29 is 14.3 Å². The molecule has 0 saturated carbocycles. The lowest BCUT2D eigenvalue weighted by Gasteiger charge is -2.41. The van der Waals surface area contributed by atoms with Crippen molar-refractivity contribution in [2.75, 3.05) is 26.7 Å². The van der Waals surface area contributed by atoms with Gasteiger partial charge in [-0.2, -0.15) is 0 Å². The van der Waals surface area contributed by atoms with Gasteiger partial charge in [0.2, 0.25) is 0 Å². The number of aryl methyl sites for hydroxylation is 2. The maximum absolute atomic E-state index is 13.3. The number of aliphatic imine (C=N–C) groups is 1. The number of methoxy groups -OCH3 is 1. The Bertz CT molecular complexity index is 1280. The second-order valence-electron chi connectivity index (χ2n) is 9.00. The number of nitrogens with zero attached hydrogens (tertiary/aromatic N) is 3. The number of para-hydroxylation sites is 1. The molecule has 3 aromatic carbocycles. The van der Waals surface area contributed by atoms with E-state index in [1.165, 1.54) is 0 Å². The molecule has 1 saturated heterocycles. The molecule has 2 heterocycles. The van der Waals surface area contributed by atoms with Crippen LogP contribution in [-0.2, 0) is 0 Å². The van der Waals surface area contributed by atoms with E-state index in [1.807, 2.05) is 47.4 Å². The minimum absolute atomic E-state index is 0.00350. The van der Waals surface area contributed by atoms with Gasteiger partial charge < -0.3 is 19.3 Å². The minimum atomic E-state index is -0.00666. The molecule has 3 aromatic rings. The van der Waals surface area contributed by atoms with Crippen LogP contribution in [0.4, 0.5) is 5.69 Å². The van der Waals surface area contributed by atoms with Crippen molar-refractivity contribution >= 4 is 17.4 Å². The Labute approximate surface area is 200 Å². The number of hydrogen-bond donors (Lipinski definition) is 0. The van der Waals surface area contributed by atoms with Crippen molar-refractivity contribution in [2.24, 2.45) is 4.99 Å². The van der Waals surface area contributed by atoms with Gasteiger partial charge in [0.1, 0.15) is 23.0 Å². The molecule has 0 N–H and O–H groups in total. The number of hydrogen-bond acceptors (Lipinski definition) is 5. The van der Waals surface area contributed by atoms with E-state index < -0.39 is 0 Å². The van der Waals surface area contributed by atoms with E-state index in [9.17, 15) is 4.79 Å². The van der Waals surface area contributed by atoms with Gasteiger partial charge >= 0.3 is 0 Å². The van der Waals surface area contributed by atoms with Gasteiger partial charge in [0, 0.05) is 25.7 Å². The van der Waals surface area contributed by atoms with Crippen molar-refractivity contribution in [2.45, 2.75) is 26.8 Å². The highest BCUT2D eigenvalue weighted by atomic mass is 16.5. The first-order chi connectivity index (χ1) is 16.4. The Kier molecular flexibility index (Phi) is 5.74. The summed E-state index contributed by atoms with van der Waals surface area (Å²) in [5.74, 6) is 3.04. The van der Waals surface area contributed by atoms with Crippen LogP contribution >= 0.6 is 0 Å². The third-order valence-corrected chi connectivity index (χ3v) is 6.46. The van der Waals surface area contributed by atoms with Gasteiger partial charge in [-0.05, 0) is 62.7 Å². The molecular formula is C28H29N3O3. The number of carbonyl (C=O) groups is 1. The fourth-order valence-electron chi connectivity index (χ4n) is 4.66. The number of piperazine rings is 1. The number of amidine groups is 1. The Balaban J connectivity index is 1.47. The van der Waals surface area contributed by atoms with E-state index in [-0.39, 0.29) is 11.9 Å². The van der Waals surface area contributed by atoms with Crippen molar-refractivity contribution in [1.82, 2.24) is 9.80 Å². The van der Waals surface area contributed by atoms with Crippen molar-refractivity contribution in [1.29, 1.82) is 0 Å². The van der Waals surface area contributed by atoms with E-state index in [2.05, 4.69) is 43.9 Å². The SMILES string of the molecule is COc1ccccc1C(=O)N1CCN(C2=Nc3ccc(C)cc3Oc3ccc(C)cc32)C[C@@H]1C. The maximum Gasteiger partial charge on any atom is 0.257 e. The lowest BCUT2D eigenvalue weighted by molar-refractivity contribution is 0.0578. The smallest absolute Gasteiger partial charge is 0.257 e. The number of rotatable bonds is 2. The van der Waals surface area contributed by atoms with E-state index in [1.54, 1.807) is 7.11 Å². The molecule has 6 heteroatoms. The molecule has 0 aromatic heterocycles. The largest absolute Gasteiger partial charge is 0.496 e. The third-order valence-electron chi connectivity index (χ3n) is 6.46. The normalized spacial score (nSPS) is 17.2. The highest BCUT2D eigenvalue weighted by Crippen LogP contribution is 2.39. The molecule has 0 bridgehead atoms. The average molecular weight is 456 g/mol. The molecule has 1 amide bonds. The zero-order valence-corrected chi connectivity index (χ0v) is 20.0. The van der Waals surface area contributed by atoms with E-state index in [4.69, 9.17) is 14.5 Å². The van der Waals surface area contributed by atoms with E-state index >= 15 is 0 Å². The number of benzene rings is 3. The zero-order valence-electron chi connectivity index (χ0n) is 20.0. The minimum Gasteiger partial charge on any atom is -0.496 e. The highest BCUT2D eigenvalue weighted by molar-refractivity contribution is 6.04. The van der Waals surface area contributed by atoms with Crippen LogP contribution in [0, 0.1) is 13.8 Å². The fourth-order valence-corrected chi connectivity index (χ4v) is 4.66. The molecule has 1 atom stereocenters.